The van der Waals surface area contributed by atoms with Crippen molar-refractivity contribution in [1.82, 2.24) is 0 Å². The van der Waals surface area contributed by atoms with Crippen LogP contribution in [-0.2, 0) is 14.3 Å². The first-order chi connectivity index (χ1) is 13.4. The van der Waals surface area contributed by atoms with E-state index in [1.54, 1.807) is 0 Å². The Hall–Kier alpha value is -2.13. The van der Waals surface area contributed by atoms with E-state index in [9.17, 15) is 9.59 Å². The van der Waals surface area contributed by atoms with Crippen molar-refractivity contribution in [1.29, 1.82) is 0 Å². The van der Waals surface area contributed by atoms with E-state index in [2.05, 4.69) is 6.07 Å². The van der Waals surface area contributed by atoms with E-state index in [1.807, 2.05) is 44.2 Å². The summed E-state index contributed by atoms with van der Waals surface area (Å²) >= 11 is 6.01. The van der Waals surface area contributed by atoms with Crippen LogP contribution >= 0.6 is 11.6 Å². The van der Waals surface area contributed by atoms with Gasteiger partial charge in [0.2, 0.25) is 0 Å². The number of carbonyl (C=O) groups excluding carboxylic acids is 2. The predicted molar refractivity (Wildman–Crippen MR) is 111 cm³/mol. The van der Waals surface area contributed by atoms with Gasteiger partial charge in [0.25, 0.3) is 0 Å². The zero-order valence-corrected chi connectivity index (χ0v) is 17.1. The van der Waals surface area contributed by atoms with E-state index in [0.717, 1.165) is 53.5 Å². The maximum atomic E-state index is 13.3. The molecule has 1 aliphatic carbocycles. The van der Waals surface area contributed by atoms with Crippen LogP contribution in [0, 0.1) is 13.8 Å². The van der Waals surface area contributed by atoms with Crippen molar-refractivity contribution >= 4 is 23.4 Å². The topological polar surface area (TPSA) is 43.4 Å². The Morgan fingerprint density at radius 3 is 2.21 bits per heavy atom. The first-order valence-electron chi connectivity index (χ1n) is 10.1. The van der Waals surface area contributed by atoms with Crippen LogP contribution in [0.3, 0.4) is 0 Å². The van der Waals surface area contributed by atoms with Gasteiger partial charge in [-0.2, -0.15) is 0 Å². The molecular weight excluding hydrogens is 372 g/mol. The summed E-state index contributed by atoms with van der Waals surface area (Å²) in [5.74, 6) is -1.22. The summed E-state index contributed by atoms with van der Waals surface area (Å²) in [5, 5.41) is 0.697. The van der Waals surface area contributed by atoms with E-state index < -0.39 is 11.5 Å². The standard InChI is InChI=1S/C24H25ClO3/c1-15-14-20(16(2)13-19(15)17-7-9-18(25)10-8-17)21-22(26)24(28-23(21)27)11-5-3-4-6-12-24/h7-10,13-14,21H,3-6,11-12H2,1-2H3. The molecule has 0 N–H and O–H groups in total. The molecule has 1 heterocycles. The number of rotatable bonds is 2. The van der Waals surface area contributed by atoms with Crippen LogP contribution in [0.5, 0.6) is 0 Å². The predicted octanol–water partition coefficient (Wildman–Crippen LogP) is 5.93. The summed E-state index contributed by atoms with van der Waals surface area (Å²) in [4.78, 5) is 26.1. The number of carbonyl (C=O) groups is 2. The Morgan fingerprint density at radius 1 is 0.929 bits per heavy atom. The largest absolute Gasteiger partial charge is 0.450 e. The van der Waals surface area contributed by atoms with Crippen LogP contribution in [0.1, 0.15) is 61.1 Å². The monoisotopic (exact) mass is 396 g/mol. The zero-order chi connectivity index (χ0) is 19.9. The minimum absolute atomic E-state index is 0.0406. The smallest absolute Gasteiger partial charge is 0.322 e. The molecule has 1 atom stereocenters. The second-order valence-corrected chi connectivity index (χ2v) is 8.59. The molecule has 2 aliphatic rings. The van der Waals surface area contributed by atoms with Gasteiger partial charge in [-0.15, -0.1) is 0 Å². The van der Waals surface area contributed by atoms with E-state index >= 15 is 0 Å². The van der Waals surface area contributed by atoms with Crippen LogP contribution < -0.4 is 0 Å². The maximum Gasteiger partial charge on any atom is 0.322 e. The highest BCUT2D eigenvalue weighted by Crippen LogP contribution is 2.44. The van der Waals surface area contributed by atoms with Gasteiger partial charge < -0.3 is 4.74 Å². The number of hydrogen-bond acceptors (Lipinski definition) is 3. The maximum absolute atomic E-state index is 13.3. The average molecular weight is 397 g/mol. The van der Waals surface area contributed by atoms with Crippen LogP contribution in [0.15, 0.2) is 36.4 Å². The second kappa shape index (κ2) is 7.36. The molecule has 2 fully saturated rings. The SMILES string of the molecule is Cc1cc(C2C(=O)OC3(CCCCCC3)C2=O)c(C)cc1-c1ccc(Cl)cc1. The van der Waals surface area contributed by atoms with Crippen LogP contribution in [0.2, 0.25) is 5.02 Å². The summed E-state index contributed by atoms with van der Waals surface area (Å²) in [6.07, 6.45) is 5.42. The Balaban J connectivity index is 1.71. The molecule has 0 radical (unpaired) electrons. The quantitative estimate of drug-likeness (QED) is 0.467. The third-order valence-corrected chi connectivity index (χ3v) is 6.49. The molecule has 1 unspecified atom stereocenters. The molecule has 1 saturated carbocycles. The van der Waals surface area contributed by atoms with E-state index in [0.29, 0.717) is 17.9 Å². The van der Waals surface area contributed by atoms with Crippen LogP contribution in [0.25, 0.3) is 11.1 Å². The Kier molecular flexibility index (Phi) is 5.05. The van der Waals surface area contributed by atoms with Gasteiger partial charge in [0.1, 0.15) is 5.92 Å². The lowest BCUT2D eigenvalue weighted by Crippen LogP contribution is -2.36. The van der Waals surface area contributed by atoms with Crippen molar-refractivity contribution in [2.45, 2.75) is 63.9 Å². The lowest BCUT2D eigenvalue weighted by molar-refractivity contribution is -0.153. The summed E-state index contributed by atoms with van der Waals surface area (Å²) in [6, 6.07) is 11.8. The molecule has 28 heavy (non-hydrogen) atoms. The summed E-state index contributed by atoms with van der Waals surface area (Å²) < 4.78 is 5.77. The average Bonchev–Trinajstić information content (AvgIpc) is 2.81. The summed E-state index contributed by atoms with van der Waals surface area (Å²) in [5.41, 5.74) is 4.01. The van der Waals surface area contributed by atoms with Gasteiger partial charge in [-0.25, -0.2) is 0 Å². The molecule has 3 nitrogen and oxygen atoms in total. The fourth-order valence-corrected chi connectivity index (χ4v) is 4.80. The molecule has 2 aromatic rings. The van der Waals surface area contributed by atoms with E-state index in [-0.39, 0.29) is 11.8 Å². The van der Waals surface area contributed by atoms with Gasteiger partial charge in [-0.05, 0) is 79.5 Å². The normalized spacial score (nSPS) is 21.6. The molecule has 1 aliphatic heterocycles. The number of ether oxygens (including phenoxy) is 1. The first-order valence-corrected chi connectivity index (χ1v) is 10.4. The molecule has 4 rings (SSSR count). The minimum Gasteiger partial charge on any atom is -0.450 e. The lowest BCUT2D eigenvalue weighted by Gasteiger charge is -2.24. The van der Waals surface area contributed by atoms with Gasteiger partial charge in [0, 0.05) is 5.02 Å². The van der Waals surface area contributed by atoms with Crippen molar-refractivity contribution in [2.75, 3.05) is 0 Å². The number of ketones is 1. The van der Waals surface area contributed by atoms with Crippen molar-refractivity contribution < 1.29 is 14.3 Å². The molecule has 0 bridgehead atoms. The van der Waals surface area contributed by atoms with E-state index in [4.69, 9.17) is 16.3 Å². The van der Waals surface area contributed by atoms with E-state index in [1.165, 1.54) is 0 Å². The zero-order valence-electron chi connectivity index (χ0n) is 16.4. The Morgan fingerprint density at radius 2 is 1.57 bits per heavy atom. The molecule has 146 valence electrons. The summed E-state index contributed by atoms with van der Waals surface area (Å²) in [6.45, 7) is 3.98. The van der Waals surface area contributed by atoms with Crippen LogP contribution in [-0.4, -0.2) is 17.4 Å². The number of benzene rings is 2. The van der Waals surface area contributed by atoms with Crippen molar-refractivity contribution in [2.24, 2.45) is 0 Å². The first kappa shape index (κ1) is 19.2. The van der Waals surface area contributed by atoms with Crippen molar-refractivity contribution in [3.05, 3.63) is 58.1 Å². The number of esters is 1. The van der Waals surface area contributed by atoms with Gasteiger partial charge >= 0.3 is 5.97 Å². The number of hydrogen-bond donors (Lipinski definition) is 0. The fourth-order valence-electron chi connectivity index (χ4n) is 4.68. The van der Waals surface area contributed by atoms with Gasteiger partial charge in [0.15, 0.2) is 11.4 Å². The highest BCUT2D eigenvalue weighted by Gasteiger charge is 2.55. The lowest BCUT2D eigenvalue weighted by atomic mass is 9.81. The summed E-state index contributed by atoms with van der Waals surface area (Å²) in [7, 11) is 0. The van der Waals surface area contributed by atoms with Gasteiger partial charge in [0.05, 0.1) is 0 Å². The minimum atomic E-state index is -0.895. The molecule has 0 amide bonds. The molecular formula is C24H25ClO3. The third kappa shape index (κ3) is 3.26. The van der Waals surface area contributed by atoms with Crippen molar-refractivity contribution in [3.63, 3.8) is 0 Å². The Labute approximate surface area is 171 Å². The van der Waals surface area contributed by atoms with Crippen LogP contribution in [0.4, 0.5) is 0 Å². The third-order valence-electron chi connectivity index (χ3n) is 6.23. The molecule has 1 saturated heterocycles. The molecule has 1 spiro atoms. The molecule has 4 heteroatoms. The molecule has 2 aromatic carbocycles. The van der Waals surface area contributed by atoms with Crippen molar-refractivity contribution in [3.8, 4) is 11.1 Å². The second-order valence-electron chi connectivity index (χ2n) is 8.16. The highest BCUT2D eigenvalue weighted by molar-refractivity contribution is 6.30. The number of halogens is 1. The van der Waals surface area contributed by atoms with Gasteiger partial charge in [-0.1, -0.05) is 48.7 Å². The van der Waals surface area contributed by atoms with Gasteiger partial charge in [-0.3, -0.25) is 9.59 Å². The molecule has 0 aromatic heterocycles. The fraction of sp³-hybridized carbons (Fsp3) is 0.417. The Bertz CT molecular complexity index is 922. The highest BCUT2D eigenvalue weighted by atomic mass is 35.5. The number of Topliss-reactive ketones (excluding diaryl/α,β-unsaturated/α-hetero) is 1. The number of aryl methyl sites for hydroxylation is 2.